The molecule has 4 rings (SSSR count). The van der Waals surface area contributed by atoms with E-state index in [0.717, 1.165) is 11.4 Å². The fourth-order valence-electron chi connectivity index (χ4n) is 3.02. The minimum atomic E-state index is 0.0346. The molecule has 0 radical (unpaired) electrons. The highest BCUT2D eigenvalue weighted by Gasteiger charge is 2.43. The topological polar surface area (TPSA) is 30.5 Å². The Morgan fingerprint density at radius 3 is 1.36 bits per heavy atom. The third kappa shape index (κ3) is 2.19. The van der Waals surface area contributed by atoms with Crippen LogP contribution in [0.25, 0.3) is 0 Å². The summed E-state index contributed by atoms with van der Waals surface area (Å²) >= 11 is 9.18. The average molecular weight is 328 g/mol. The first kappa shape index (κ1) is 14.0. The molecule has 112 valence electrons. The number of hydrazine groups is 2. The maximum absolute atomic E-state index is 4.59. The molecular formula is C16H16N4S2. The minimum absolute atomic E-state index is 0.0346. The van der Waals surface area contributed by atoms with E-state index < -0.39 is 0 Å². The summed E-state index contributed by atoms with van der Waals surface area (Å²) in [5.41, 5.74) is 11.3. The van der Waals surface area contributed by atoms with Crippen LogP contribution in [0, 0.1) is 0 Å². The molecule has 6 heteroatoms. The Bertz CT molecular complexity index is 643. The molecule has 22 heavy (non-hydrogen) atoms. The van der Waals surface area contributed by atoms with Gasteiger partial charge < -0.3 is 0 Å². The Balaban J connectivity index is 1.77. The van der Waals surface area contributed by atoms with E-state index in [9.17, 15) is 0 Å². The molecule has 2 unspecified atom stereocenters. The SMILES string of the molecule is SN1NC(c2ccccc2)C2=C1C(c1ccccc1)NN2S. The second kappa shape index (κ2) is 5.55. The van der Waals surface area contributed by atoms with Crippen LogP contribution in [0.1, 0.15) is 23.2 Å². The first-order valence-corrected chi connectivity index (χ1v) is 7.90. The van der Waals surface area contributed by atoms with Gasteiger partial charge in [0.15, 0.2) is 0 Å². The first-order chi connectivity index (χ1) is 10.8. The molecule has 0 saturated carbocycles. The van der Waals surface area contributed by atoms with Crippen molar-refractivity contribution in [1.82, 2.24) is 19.7 Å². The molecule has 2 aromatic rings. The van der Waals surface area contributed by atoms with Gasteiger partial charge in [-0.25, -0.2) is 10.9 Å². The maximum atomic E-state index is 4.59. The number of benzene rings is 2. The Morgan fingerprint density at radius 2 is 1.00 bits per heavy atom. The number of thiol groups is 2. The van der Waals surface area contributed by atoms with Crippen molar-refractivity contribution >= 4 is 25.6 Å². The summed E-state index contributed by atoms with van der Waals surface area (Å²) in [4.78, 5) is 0. The minimum Gasteiger partial charge on any atom is -0.253 e. The third-order valence-electron chi connectivity index (χ3n) is 4.03. The van der Waals surface area contributed by atoms with Gasteiger partial charge in [-0.1, -0.05) is 60.7 Å². The van der Waals surface area contributed by atoms with Gasteiger partial charge in [0, 0.05) is 0 Å². The highest BCUT2D eigenvalue weighted by molar-refractivity contribution is 7.78. The number of nitrogens with one attached hydrogen (secondary N) is 2. The first-order valence-electron chi connectivity index (χ1n) is 7.10. The summed E-state index contributed by atoms with van der Waals surface area (Å²) < 4.78 is 3.60. The summed E-state index contributed by atoms with van der Waals surface area (Å²) in [6, 6.07) is 20.7. The van der Waals surface area contributed by atoms with Crippen molar-refractivity contribution in [3.05, 3.63) is 83.2 Å². The van der Waals surface area contributed by atoms with E-state index in [1.54, 1.807) is 8.83 Å². The zero-order valence-corrected chi connectivity index (χ0v) is 13.5. The summed E-state index contributed by atoms with van der Waals surface area (Å²) in [6.45, 7) is 0. The predicted molar refractivity (Wildman–Crippen MR) is 93.3 cm³/mol. The molecule has 0 fully saturated rings. The Labute approximate surface area is 140 Å². The Morgan fingerprint density at radius 1 is 0.636 bits per heavy atom. The van der Waals surface area contributed by atoms with E-state index in [-0.39, 0.29) is 12.1 Å². The fraction of sp³-hybridized carbons (Fsp3) is 0.125. The summed E-state index contributed by atoms with van der Waals surface area (Å²) in [5, 5.41) is 0. The van der Waals surface area contributed by atoms with Gasteiger partial charge in [-0.15, -0.1) is 0 Å². The smallest absolute Gasteiger partial charge is 0.0963 e. The lowest BCUT2D eigenvalue weighted by atomic mass is 10.0. The van der Waals surface area contributed by atoms with E-state index in [0.29, 0.717) is 0 Å². The zero-order valence-electron chi connectivity index (χ0n) is 11.7. The second-order valence-electron chi connectivity index (χ2n) is 5.34. The van der Waals surface area contributed by atoms with Gasteiger partial charge in [0.1, 0.15) is 0 Å². The van der Waals surface area contributed by atoms with Gasteiger partial charge in [-0.2, -0.15) is 0 Å². The molecule has 2 heterocycles. The third-order valence-corrected chi connectivity index (χ3v) is 4.70. The molecular weight excluding hydrogens is 312 g/mol. The Hall–Kier alpha value is -1.60. The molecule has 2 aromatic carbocycles. The zero-order chi connectivity index (χ0) is 15.1. The predicted octanol–water partition coefficient (Wildman–Crippen LogP) is 3.01. The molecule has 0 aliphatic carbocycles. The highest BCUT2D eigenvalue weighted by atomic mass is 32.1. The molecule has 0 aromatic heterocycles. The summed E-state index contributed by atoms with van der Waals surface area (Å²) in [5.74, 6) is 0. The lowest BCUT2D eigenvalue weighted by Crippen LogP contribution is -2.36. The van der Waals surface area contributed by atoms with Crippen LogP contribution in [0.2, 0.25) is 0 Å². The molecule has 2 N–H and O–H groups in total. The largest absolute Gasteiger partial charge is 0.253 e. The number of hydrogen-bond donors (Lipinski definition) is 4. The number of nitrogens with zero attached hydrogens (tertiary/aromatic N) is 2. The average Bonchev–Trinajstić information content (AvgIpc) is 3.09. The van der Waals surface area contributed by atoms with Gasteiger partial charge in [0.2, 0.25) is 0 Å². The van der Waals surface area contributed by atoms with Crippen LogP contribution in [0.4, 0.5) is 0 Å². The van der Waals surface area contributed by atoms with Crippen molar-refractivity contribution in [3.8, 4) is 0 Å². The fourth-order valence-corrected chi connectivity index (χ4v) is 3.69. The van der Waals surface area contributed by atoms with Gasteiger partial charge in [-0.05, 0) is 36.8 Å². The number of rotatable bonds is 2. The lowest BCUT2D eigenvalue weighted by Gasteiger charge is -2.26. The van der Waals surface area contributed by atoms with E-state index in [1.807, 2.05) is 36.4 Å². The second-order valence-corrected chi connectivity index (χ2v) is 6.14. The quantitative estimate of drug-likeness (QED) is 0.638. The highest BCUT2D eigenvalue weighted by Crippen LogP contribution is 2.45. The van der Waals surface area contributed by atoms with Crippen LogP contribution < -0.4 is 10.9 Å². The van der Waals surface area contributed by atoms with Crippen molar-refractivity contribution < 1.29 is 0 Å². The molecule has 0 spiro atoms. The molecule has 0 bridgehead atoms. The van der Waals surface area contributed by atoms with E-state index >= 15 is 0 Å². The van der Waals surface area contributed by atoms with E-state index in [1.165, 1.54) is 11.1 Å². The lowest BCUT2D eigenvalue weighted by molar-refractivity contribution is 0.324. The van der Waals surface area contributed by atoms with Gasteiger partial charge in [0.05, 0.1) is 23.5 Å². The van der Waals surface area contributed by atoms with Crippen LogP contribution in [-0.4, -0.2) is 8.83 Å². The maximum Gasteiger partial charge on any atom is 0.0963 e. The van der Waals surface area contributed by atoms with Crippen molar-refractivity contribution in [2.75, 3.05) is 0 Å². The molecule has 4 nitrogen and oxygen atoms in total. The van der Waals surface area contributed by atoms with Crippen LogP contribution in [0.15, 0.2) is 72.1 Å². The van der Waals surface area contributed by atoms with Gasteiger partial charge >= 0.3 is 0 Å². The van der Waals surface area contributed by atoms with E-state index in [4.69, 9.17) is 0 Å². The Kier molecular flexibility index (Phi) is 3.54. The summed E-state index contributed by atoms with van der Waals surface area (Å²) in [6.07, 6.45) is 0. The number of hydrogen-bond acceptors (Lipinski definition) is 6. The molecule has 2 aliphatic rings. The van der Waals surface area contributed by atoms with Crippen molar-refractivity contribution in [2.45, 2.75) is 12.1 Å². The monoisotopic (exact) mass is 328 g/mol. The van der Waals surface area contributed by atoms with Gasteiger partial charge in [0.25, 0.3) is 0 Å². The van der Waals surface area contributed by atoms with Crippen molar-refractivity contribution in [1.29, 1.82) is 0 Å². The molecule has 2 atom stereocenters. The van der Waals surface area contributed by atoms with E-state index in [2.05, 4.69) is 60.7 Å². The van der Waals surface area contributed by atoms with Crippen molar-refractivity contribution in [2.24, 2.45) is 0 Å². The van der Waals surface area contributed by atoms with Crippen molar-refractivity contribution in [3.63, 3.8) is 0 Å². The standard InChI is InChI=1S/C16H16N4S2/c21-19-15-13(11-7-3-1-4-8-11)17-20(22)16(15)14(18-19)12-9-5-2-6-10-12/h1-10,13-14,17-18,21-22H. The normalized spacial score (nSPS) is 24.1. The molecule has 0 amide bonds. The van der Waals surface area contributed by atoms with Crippen LogP contribution in [-0.2, 0) is 0 Å². The van der Waals surface area contributed by atoms with Crippen LogP contribution >= 0.6 is 25.6 Å². The van der Waals surface area contributed by atoms with Crippen LogP contribution in [0.3, 0.4) is 0 Å². The van der Waals surface area contributed by atoms with Gasteiger partial charge in [-0.3, -0.25) is 8.83 Å². The van der Waals surface area contributed by atoms with Crippen LogP contribution in [0.5, 0.6) is 0 Å². The molecule has 2 aliphatic heterocycles. The summed E-state index contributed by atoms with van der Waals surface area (Å²) in [7, 11) is 0. The molecule has 0 saturated heterocycles.